The predicted molar refractivity (Wildman–Crippen MR) is 94.7 cm³/mol. The van der Waals surface area contributed by atoms with Gasteiger partial charge in [-0.15, -0.1) is 0 Å². The fourth-order valence-electron chi connectivity index (χ4n) is 2.71. The van der Waals surface area contributed by atoms with Crippen LogP contribution in [0.5, 0.6) is 0 Å². The second kappa shape index (κ2) is 7.37. The normalized spacial score (nSPS) is 17.1. The third-order valence-corrected chi connectivity index (χ3v) is 6.81. The Hall–Kier alpha value is -1.18. The molecule has 0 unspecified atom stereocenters. The van der Waals surface area contributed by atoms with Crippen LogP contribution in [0.1, 0.15) is 5.69 Å². The number of aromatic nitrogens is 1. The van der Waals surface area contributed by atoms with Crippen LogP contribution in [-0.4, -0.2) is 48.8 Å². The molecule has 1 saturated heterocycles. The van der Waals surface area contributed by atoms with Crippen LogP contribution in [0, 0.1) is 0 Å². The molecule has 0 amide bonds. The van der Waals surface area contributed by atoms with E-state index in [9.17, 15) is 8.42 Å². The standard InChI is InChI=1S/C16H17Cl2N3O2S/c17-14-5-3-6-15(18)16(14)24(22,23)21-10-8-20(9-11-21)12-13-4-1-2-7-19-13/h1-7H,8-12H2. The fourth-order valence-corrected chi connectivity index (χ4v) is 5.22. The van der Waals surface area contributed by atoms with E-state index in [1.165, 1.54) is 16.4 Å². The molecule has 5 nitrogen and oxygen atoms in total. The number of benzene rings is 1. The van der Waals surface area contributed by atoms with Gasteiger partial charge >= 0.3 is 0 Å². The average molecular weight is 386 g/mol. The summed E-state index contributed by atoms with van der Waals surface area (Å²) in [5.74, 6) is 0. The Morgan fingerprint density at radius 1 is 0.958 bits per heavy atom. The first-order valence-electron chi connectivity index (χ1n) is 7.55. The largest absolute Gasteiger partial charge is 0.295 e. The first kappa shape index (κ1) is 17.6. The monoisotopic (exact) mass is 385 g/mol. The summed E-state index contributed by atoms with van der Waals surface area (Å²) in [4.78, 5) is 6.48. The van der Waals surface area contributed by atoms with E-state index >= 15 is 0 Å². The van der Waals surface area contributed by atoms with Crippen LogP contribution in [-0.2, 0) is 16.6 Å². The first-order chi connectivity index (χ1) is 11.5. The average Bonchev–Trinajstić information content (AvgIpc) is 2.56. The molecule has 0 bridgehead atoms. The molecule has 24 heavy (non-hydrogen) atoms. The van der Waals surface area contributed by atoms with E-state index in [1.807, 2.05) is 18.2 Å². The lowest BCUT2D eigenvalue weighted by molar-refractivity contribution is 0.180. The molecule has 1 aromatic heterocycles. The molecule has 0 spiro atoms. The van der Waals surface area contributed by atoms with Crippen molar-refractivity contribution in [3.8, 4) is 0 Å². The molecular formula is C16H17Cl2N3O2S. The lowest BCUT2D eigenvalue weighted by Crippen LogP contribution is -2.48. The predicted octanol–water partition coefficient (Wildman–Crippen LogP) is 2.89. The Bertz CT molecular complexity index is 787. The van der Waals surface area contributed by atoms with E-state index in [1.54, 1.807) is 12.3 Å². The SMILES string of the molecule is O=S(=O)(c1c(Cl)cccc1Cl)N1CCN(Cc2ccccn2)CC1. The van der Waals surface area contributed by atoms with Crippen LogP contribution in [0.3, 0.4) is 0 Å². The van der Waals surface area contributed by atoms with Crippen molar-refractivity contribution in [2.45, 2.75) is 11.4 Å². The summed E-state index contributed by atoms with van der Waals surface area (Å²) in [5.41, 5.74) is 0.975. The molecular weight excluding hydrogens is 369 g/mol. The van der Waals surface area contributed by atoms with Gasteiger partial charge in [-0.2, -0.15) is 4.31 Å². The van der Waals surface area contributed by atoms with Gasteiger partial charge < -0.3 is 0 Å². The van der Waals surface area contributed by atoms with Crippen LogP contribution >= 0.6 is 23.2 Å². The van der Waals surface area contributed by atoms with E-state index in [-0.39, 0.29) is 14.9 Å². The number of halogens is 2. The lowest BCUT2D eigenvalue weighted by atomic mass is 10.3. The quantitative estimate of drug-likeness (QED) is 0.811. The number of pyridine rings is 1. The third kappa shape index (κ3) is 3.73. The van der Waals surface area contributed by atoms with Crippen molar-refractivity contribution in [3.05, 3.63) is 58.3 Å². The molecule has 0 saturated carbocycles. The summed E-state index contributed by atoms with van der Waals surface area (Å²) < 4.78 is 27.1. The highest BCUT2D eigenvalue weighted by atomic mass is 35.5. The van der Waals surface area contributed by atoms with Crippen molar-refractivity contribution in [2.24, 2.45) is 0 Å². The highest BCUT2D eigenvalue weighted by Gasteiger charge is 2.31. The van der Waals surface area contributed by atoms with Crippen molar-refractivity contribution in [1.29, 1.82) is 0 Å². The second-order valence-corrected chi connectivity index (χ2v) is 8.24. The highest BCUT2D eigenvalue weighted by molar-refractivity contribution is 7.89. The number of nitrogens with zero attached hydrogens (tertiary/aromatic N) is 3. The number of rotatable bonds is 4. The van der Waals surface area contributed by atoms with Gasteiger partial charge in [0, 0.05) is 38.9 Å². The number of sulfonamides is 1. The van der Waals surface area contributed by atoms with Crippen LogP contribution < -0.4 is 0 Å². The van der Waals surface area contributed by atoms with Crippen LogP contribution in [0.4, 0.5) is 0 Å². The zero-order chi connectivity index (χ0) is 17.2. The van der Waals surface area contributed by atoms with Crippen molar-refractivity contribution in [3.63, 3.8) is 0 Å². The summed E-state index contributed by atoms with van der Waals surface area (Å²) >= 11 is 12.1. The maximum atomic E-state index is 12.8. The molecule has 1 aliphatic rings. The van der Waals surface area contributed by atoms with E-state index < -0.39 is 10.0 Å². The van der Waals surface area contributed by atoms with E-state index in [2.05, 4.69) is 9.88 Å². The number of hydrogen-bond donors (Lipinski definition) is 0. The van der Waals surface area contributed by atoms with Crippen molar-refractivity contribution >= 4 is 33.2 Å². The summed E-state index contributed by atoms with van der Waals surface area (Å²) in [7, 11) is -3.69. The Labute approximate surface area is 151 Å². The van der Waals surface area contributed by atoms with Gasteiger partial charge in [-0.05, 0) is 24.3 Å². The highest BCUT2D eigenvalue weighted by Crippen LogP contribution is 2.31. The van der Waals surface area contributed by atoms with Crippen molar-refractivity contribution in [2.75, 3.05) is 26.2 Å². The molecule has 1 fully saturated rings. The van der Waals surface area contributed by atoms with Crippen molar-refractivity contribution in [1.82, 2.24) is 14.2 Å². The summed E-state index contributed by atoms with van der Waals surface area (Å²) in [6.07, 6.45) is 1.76. The molecule has 128 valence electrons. The Kier molecular flexibility index (Phi) is 5.42. The van der Waals surface area contributed by atoms with Crippen LogP contribution in [0.2, 0.25) is 10.0 Å². The molecule has 8 heteroatoms. The van der Waals surface area contributed by atoms with Gasteiger partial charge in [-0.3, -0.25) is 9.88 Å². The molecule has 1 aromatic carbocycles. The zero-order valence-electron chi connectivity index (χ0n) is 12.9. The molecule has 0 aliphatic carbocycles. The van der Waals surface area contributed by atoms with E-state index in [4.69, 9.17) is 23.2 Å². The molecule has 1 aliphatic heterocycles. The van der Waals surface area contributed by atoms with Gasteiger partial charge in [-0.1, -0.05) is 35.3 Å². The van der Waals surface area contributed by atoms with Gasteiger partial charge in [0.2, 0.25) is 10.0 Å². The van der Waals surface area contributed by atoms with E-state index in [0.29, 0.717) is 32.7 Å². The molecule has 2 heterocycles. The topological polar surface area (TPSA) is 53.5 Å². The maximum Gasteiger partial charge on any atom is 0.246 e. The van der Waals surface area contributed by atoms with Crippen LogP contribution in [0.15, 0.2) is 47.5 Å². The molecule has 0 N–H and O–H groups in total. The molecule has 2 aromatic rings. The van der Waals surface area contributed by atoms with Gasteiger partial charge in [-0.25, -0.2) is 8.42 Å². The minimum atomic E-state index is -3.69. The smallest absolute Gasteiger partial charge is 0.246 e. The molecule has 0 radical (unpaired) electrons. The van der Waals surface area contributed by atoms with Crippen molar-refractivity contribution < 1.29 is 8.42 Å². The third-order valence-electron chi connectivity index (χ3n) is 3.96. The maximum absolute atomic E-state index is 12.8. The number of piperazine rings is 1. The summed E-state index contributed by atoms with van der Waals surface area (Å²) in [6.45, 7) is 2.78. The van der Waals surface area contributed by atoms with E-state index in [0.717, 1.165) is 5.69 Å². The van der Waals surface area contributed by atoms with Gasteiger partial charge in [0.15, 0.2) is 0 Å². The summed E-state index contributed by atoms with van der Waals surface area (Å²) in [5, 5.41) is 0.303. The minimum Gasteiger partial charge on any atom is -0.295 e. The lowest BCUT2D eigenvalue weighted by Gasteiger charge is -2.34. The Morgan fingerprint density at radius 3 is 2.21 bits per heavy atom. The van der Waals surface area contributed by atoms with Gasteiger partial charge in [0.25, 0.3) is 0 Å². The van der Waals surface area contributed by atoms with Gasteiger partial charge in [0.1, 0.15) is 4.90 Å². The summed E-state index contributed by atoms with van der Waals surface area (Å²) in [6, 6.07) is 10.5. The fraction of sp³-hybridized carbons (Fsp3) is 0.312. The number of hydrogen-bond acceptors (Lipinski definition) is 4. The zero-order valence-corrected chi connectivity index (χ0v) is 15.2. The Morgan fingerprint density at radius 2 is 1.62 bits per heavy atom. The first-order valence-corrected chi connectivity index (χ1v) is 9.74. The minimum absolute atomic E-state index is 0.00786. The van der Waals surface area contributed by atoms with Crippen LogP contribution in [0.25, 0.3) is 0 Å². The Balaban J connectivity index is 1.70. The second-order valence-electron chi connectivity index (χ2n) is 5.55. The molecule has 3 rings (SSSR count). The molecule has 0 atom stereocenters. The van der Waals surface area contributed by atoms with Gasteiger partial charge in [0.05, 0.1) is 15.7 Å².